The van der Waals surface area contributed by atoms with E-state index in [0.29, 0.717) is 17.2 Å². The largest absolute Gasteiger partial charge is 0.375 e. The summed E-state index contributed by atoms with van der Waals surface area (Å²) in [7, 11) is 0. The number of thiazole rings is 1. The molecule has 0 fully saturated rings. The van der Waals surface area contributed by atoms with Crippen molar-refractivity contribution in [2.24, 2.45) is 0 Å². The van der Waals surface area contributed by atoms with Crippen molar-refractivity contribution in [3.63, 3.8) is 0 Å². The van der Waals surface area contributed by atoms with Gasteiger partial charge in [-0.05, 0) is 13.8 Å². The number of nitrogens with two attached hydrogens (primary N) is 1. The molecule has 3 N–H and O–H groups in total. The Morgan fingerprint density at radius 1 is 1.58 bits per heavy atom. The molecule has 4 heteroatoms. The SMILES string of the molecule is C[C@@H]1Cc2nc(N)sc2[C@H](C)N1. The predicted octanol–water partition coefficient (Wildman–Crippen LogP) is 1.32. The fourth-order valence-electron chi connectivity index (χ4n) is 1.72. The Hall–Kier alpha value is -0.610. The van der Waals surface area contributed by atoms with Crippen LogP contribution in [0.3, 0.4) is 0 Å². The van der Waals surface area contributed by atoms with Crippen LogP contribution in [0.4, 0.5) is 5.13 Å². The van der Waals surface area contributed by atoms with E-state index in [-0.39, 0.29) is 0 Å². The topological polar surface area (TPSA) is 50.9 Å². The molecule has 0 amide bonds. The maximum absolute atomic E-state index is 5.65. The predicted molar refractivity (Wildman–Crippen MR) is 51.2 cm³/mol. The van der Waals surface area contributed by atoms with Crippen molar-refractivity contribution in [1.82, 2.24) is 10.3 Å². The molecule has 0 saturated heterocycles. The zero-order valence-electron chi connectivity index (χ0n) is 7.29. The molecule has 3 nitrogen and oxygen atoms in total. The van der Waals surface area contributed by atoms with Gasteiger partial charge in [0.1, 0.15) is 0 Å². The summed E-state index contributed by atoms with van der Waals surface area (Å²) in [5, 5.41) is 4.16. The molecule has 66 valence electrons. The summed E-state index contributed by atoms with van der Waals surface area (Å²) >= 11 is 1.60. The fraction of sp³-hybridized carbons (Fsp3) is 0.625. The number of fused-ring (bicyclic) bond motifs is 1. The highest BCUT2D eigenvalue weighted by molar-refractivity contribution is 7.15. The lowest BCUT2D eigenvalue weighted by Crippen LogP contribution is -2.35. The Morgan fingerprint density at radius 3 is 3.08 bits per heavy atom. The smallest absolute Gasteiger partial charge is 0.180 e. The normalized spacial score (nSPS) is 28.5. The summed E-state index contributed by atoms with van der Waals surface area (Å²) in [5.41, 5.74) is 6.84. The Balaban J connectivity index is 2.40. The van der Waals surface area contributed by atoms with Crippen molar-refractivity contribution in [1.29, 1.82) is 0 Å². The molecule has 0 spiro atoms. The molecule has 12 heavy (non-hydrogen) atoms. The van der Waals surface area contributed by atoms with E-state index in [2.05, 4.69) is 24.1 Å². The Labute approximate surface area is 76.0 Å². The zero-order chi connectivity index (χ0) is 8.72. The van der Waals surface area contributed by atoms with Gasteiger partial charge in [0.05, 0.1) is 5.69 Å². The van der Waals surface area contributed by atoms with Crippen LogP contribution in [0.5, 0.6) is 0 Å². The number of nitrogen functional groups attached to an aromatic ring is 1. The first-order chi connectivity index (χ1) is 5.66. The van der Waals surface area contributed by atoms with E-state index >= 15 is 0 Å². The van der Waals surface area contributed by atoms with Gasteiger partial charge in [-0.3, -0.25) is 0 Å². The molecule has 1 aromatic rings. The van der Waals surface area contributed by atoms with Gasteiger partial charge in [0.25, 0.3) is 0 Å². The molecule has 0 saturated carbocycles. The Bertz CT molecular complexity index is 294. The van der Waals surface area contributed by atoms with E-state index in [0.717, 1.165) is 6.42 Å². The standard InChI is InChI=1S/C8H13N3S/c1-4-3-6-7(5(2)10-4)12-8(9)11-6/h4-5,10H,3H2,1-2H3,(H2,9,11)/t4-,5+/m1/s1. The van der Waals surface area contributed by atoms with Crippen LogP contribution < -0.4 is 11.1 Å². The van der Waals surface area contributed by atoms with Crippen LogP contribution in [0.15, 0.2) is 0 Å². The third-order valence-corrected chi connectivity index (χ3v) is 3.28. The number of aromatic nitrogens is 1. The average molecular weight is 183 g/mol. The van der Waals surface area contributed by atoms with Crippen molar-refractivity contribution >= 4 is 16.5 Å². The van der Waals surface area contributed by atoms with Crippen molar-refractivity contribution < 1.29 is 0 Å². The zero-order valence-corrected chi connectivity index (χ0v) is 8.11. The maximum Gasteiger partial charge on any atom is 0.180 e. The Kier molecular flexibility index (Phi) is 1.81. The molecule has 1 aromatic heterocycles. The Morgan fingerprint density at radius 2 is 2.33 bits per heavy atom. The highest BCUT2D eigenvalue weighted by Crippen LogP contribution is 2.31. The van der Waals surface area contributed by atoms with Gasteiger partial charge in [-0.25, -0.2) is 4.98 Å². The lowest BCUT2D eigenvalue weighted by Gasteiger charge is -2.24. The molecule has 1 aliphatic rings. The number of rotatable bonds is 0. The maximum atomic E-state index is 5.65. The van der Waals surface area contributed by atoms with Crippen LogP contribution in [-0.4, -0.2) is 11.0 Å². The van der Waals surface area contributed by atoms with Gasteiger partial charge in [-0.15, -0.1) is 11.3 Å². The van der Waals surface area contributed by atoms with E-state index in [1.54, 1.807) is 11.3 Å². The van der Waals surface area contributed by atoms with Crippen LogP contribution in [0.25, 0.3) is 0 Å². The van der Waals surface area contributed by atoms with Gasteiger partial charge in [-0.2, -0.15) is 0 Å². The average Bonchev–Trinajstić information content (AvgIpc) is 2.29. The quantitative estimate of drug-likeness (QED) is 0.638. The molecule has 1 aliphatic heterocycles. The van der Waals surface area contributed by atoms with Gasteiger partial charge < -0.3 is 11.1 Å². The van der Waals surface area contributed by atoms with Gasteiger partial charge in [0.15, 0.2) is 5.13 Å². The summed E-state index contributed by atoms with van der Waals surface area (Å²) in [6, 6.07) is 0.938. The first-order valence-electron chi connectivity index (χ1n) is 4.18. The molecule has 0 radical (unpaired) electrons. The summed E-state index contributed by atoms with van der Waals surface area (Å²) < 4.78 is 0. The second kappa shape index (κ2) is 2.71. The molecular formula is C8H13N3S. The first kappa shape index (κ1) is 8.01. The number of nitrogens with one attached hydrogen (secondary N) is 1. The van der Waals surface area contributed by atoms with E-state index in [1.807, 2.05) is 0 Å². The number of nitrogens with zero attached hydrogens (tertiary/aromatic N) is 1. The summed E-state index contributed by atoms with van der Waals surface area (Å²) in [6.45, 7) is 4.33. The number of hydrogen-bond donors (Lipinski definition) is 2. The molecule has 0 aliphatic carbocycles. The highest BCUT2D eigenvalue weighted by Gasteiger charge is 2.23. The minimum Gasteiger partial charge on any atom is -0.375 e. The van der Waals surface area contributed by atoms with Crippen LogP contribution in [0, 0.1) is 0 Å². The minimum atomic E-state index is 0.415. The fourth-order valence-corrected chi connectivity index (χ4v) is 2.59. The third kappa shape index (κ3) is 1.21. The highest BCUT2D eigenvalue weighted by atomic mass is 32.1. The molecular weight excluding hydrogens is 170 g/mol. The molecule has 0 bridgehead atoms. The van der Waals surface area contributed by atoms with Gasteiger partial charge >= 0.3 is 0 Å². The monoisotopic (exact) mass is 183 g/mol. The van der Waals surface area contributed by atoms with Crippen LogP contribution in [0.1, 0.15) is 30.5 Å². The van der Waals surface area contributed by atoms with E-state index in [4.69, 9.17) is 5.73 Å². The molecule has 2 rings (SSSR count). The third-order valence-electron chi connectivity index (χ3n) is 2.17. The van der Waals surface area contributed by atoms with Gasteiger partial charge in [0, 0.05) is 23.4 Å². The number of hydrogen-bond acceptors (Lipinski definition) is 4. The second-order valence-corrected chi connectivity index (χ2v) is 4.42. The lowest BCUT2D eigenvalue weighted by molar-refractivity contribution is 0.447. The van der Waals surface area contributed by atoms with Gasteiger partial charge in [-0.1, -0.05) is 0 Å². The molecule has 0 aromatic carbocycles. The molecule has 0 unspecified atom stereocenters. The van der Waals surface area contributed by atoms with E-state index < -0.39 is 0 Å². The van der Waals surface area contributed by atoms with Crippen LogP contribution in [-0.2, 0) is 6.42 Å². The second-order valence-electron chi connectivity index (χ2n) is 3.36. The van der Waals surface area contributed by atoms with E-state index in [1.165, 1.54) is 10.6 Å². The van der Waals surface area contributed by atoms with Gasteiger partial charge in [0.2, 0.25) is 0 Å². The van der Waals surface area contributed by atoms with Crippen LogP contribution >= 0.6 is 11.3 Å². The van der Waals surface area contributed by atoms with Crippen molar-refractivity contribution in [3.05, 3.63) is 10.6 Å². The lowest BCUT2D eigenvalue weighted by atomic mass is 10.0. The number of anilines is 1. The van der Waals surface area contributed by atoms with Crippen molar-refractivity contribution in [2.45, 2.75) is 32.4 Å². The van der Waals surface area contributed by atoms with Crippen LogP contribution in [0.2, 0.25) is 0 Å². The van der Waals surface area contributed by atoms with Crippen molar-refractivity contribution in [2.75, 3.05) is 5.73 Å². The summed E-state index contributed by atoms with van der Waals surface area (Å²) in [4.78, 5) is 5.62. The minimum absolute atomic E-state index is 0.415. The summed E-state index contributed by atoms with van der Waals surface area (Å²) in [5.74, 6) is 0. The van der Waals surface area contributed by atoms with Crippen molar-refractivity contribution in [3.8, 4) is 0 Å². The summed E-state index contributed by atoms with van der Waals surface area (Å²) in [6.07, 6.45) is 1.01. The van der Waals surface area contributed by atoms with E-state index in [9.17, 15) is 0 Å². The molecule has 2 heterocycles. The first-order valence-corrected chi connectivity index (χ1v) is 4.99. The molecule has 2 atom stereocenters.